The molecule has 0 bridgehead atoms. The first kappa shape index (κ1) is 19.8. The molecule has 0 atom stereocenters. The SMILES string of the molecule is CC(=O)NCCCc1ccc(C(=O)Cn2cnc3ccc(Cl)cc3c2=O)cc1. The Morgan fingerprint density at radius 1 is 1.14 bits per heavy atom. The first-order valence-electron chi connectivity index (χ1n) is 8.95. The monoisotopic (exact) mass is 397 g/mol. The molecule has 0 radical (unpaired) electrons. The molecule has 0 unspecified atom stereocenters. The predicted molar refractivity (Wildman–Crippen MR) is 109 cm³/mol. The topological polar surface area (TPSA) is 81.1 Å². The van der Waals surface area contributed by atoms with E-state index in [1.807, 2.05) is 12.1 Å². The molecule has 0 fully saturated rings. The molecule has 1 amide bonds. The average Bonchev–Trinajstić information content (AvgIpc) is 2.68. The summed E-state index contributed by atoms with van der Waals surface area (Å²) in [7, 11) is 0. The maximum atomic E-state index is 12.6. The molecule has 144 valence electrons. The molecule has 1 aromatic heterocycles. The van der Waals surface area contributed by atoms with Gasteiger partial charge in [-0.25, -0.2) is 4.98 Å². The highest BCUT2D eigenvalue weighted by atomic mass is 35.5. The molecule has 1 N–H and O–H groups in total. The summed E-state index contributed by atoms with van der Waals surface area (Å²) in [4.78, 5) is 40.2. The van der Waals surface area contributed by atoms with Crippen molar-refractivity contribution in [3.8, 4) is 0 Å². The molecule has 6 nitrogen and oxygen atoms in total. The summed E-state index contributed by atoms with van der Waals surface area (Å²) >= 11 is 5.96. The number of benzene rings is 2. The molecule has 0 aliphatic rings. The largest absolute Gasteiger partial charge is 0.356 e. The molecule has 0 saturated carbocycles. The van der Waals surface area contributed by atoms with Gasteiger partial charge in [0.25, 0.3) is 5.56 Å². The van der Waals surface area contributed by atoms with Crippen molar-refractivity contribution in [1.29, 1.82) is 0 Å². The molecule has 7 heteroatoms. The molecule has 3 aromatic rings. The number of aromatic nitrogens is 2. The Morgan fingerprint density at radius 2 is 1.89 bits per heavy atom. The van der Waals surface area contributed by atoms with Crippen LogP contribution in [0.4, 0.5) is 0 Å². The number of nitrogens with zero attached hydrogens (tertiary/aromatic N) is 2. The summed E-state index contributed by atoms with van der Waals surface area (Å²) in [5.74, 6) is -0.211. The molecule has 0 saturated heterocycles. The number of halogens is 1. The van der Waals surface area contributed by atoms with Crippen molar-refractivity contribution in [2.24, 2.45) is 0 Å². The van der Waals surface area contributed by atoms with Gasteiger partial charge in [0, 0.05) is 24.1 Å². The molecule has 1 heterocycles. The van der Waals surface area contributed by atoms with Crippen LogP contribution < -0.4 is 10.9 Å². The van der Waals surface area contributed by atoms with Crippen LogP contribution in [-0.4, -0.2) is 27.8 Å². The standard InChI is InChI=1S/C21H20ClN3O3/c1-14(26)23-10-2-3-15-4-6-16(7-5-15)20(27)12-25-13-24-19-9-8-17(22)11-18(19)21(25)28/h4-9,11,13H,2-3,10,12H2,1H3,(H,23,26). The van der Waals surface area contributed by atoms with Gasteiger partial charge < -0.3 is 5.32 Å². The lowest BCUT2D eigenvalue weighted by molar-refractivity contribution is -0.118. The highest BCUT2D eigenvalue weighted by Crippen LogP contribution is 2.14. The number of rotatable bonds is 7. The van der Waals surface area contributed by atoms with Gasteiger partial charge in [-0.3, -0.25) is 19.0 Å². The molecule has 0 aliphatic carbocycles. The van der Waals surface area contributed by atoms with E-state index in [1.165, 1.54) is 17.8 Å². The number of hydrogen-bond donors (Lipinski definition) is 1. The third kappa shape index (κ3) is 4.84. The van der Waals surface area contributed by atoms with E-state index in [9.17, 15) is 14.4 Å². The Hall–Kier alpha value is -2.99. The van der Waals surface area contributed by atoms with E-state index in [2.05, 4.69) is 10.3 Å². The fourth-order valence-electron chi connectivity index (χ4n) is 2.90. The minimum Gasteiger partial charge on any atom is -0.356 e. The Balaban J connectivity index is 1.68. The number of carbonyl (C=O) groups excluding carboxylic acids is 2. The maximum Gasteiger partial charge on any atom is 0.261 e. The molecule has 3 rings (SSSR count). The fourth-order valence-corrected chi connectivity index (χ4v) is 3.08. The van der Waals surface area contributed by atoms with Gasteiger partial charge in [-0.2, -0.15) is 0 Å². The molecular weight excluding hydrogens is 378 g/mol. The smallest absolute Gasteiger partial charge is 0.261 e. The van der Waals surface area contributed by atoms with E-state index in [0.717, 1.165) is 18.4 Å². The van der Waals surface area contributed by atoms with E-state index in [1.54, 1.807) is 30.3 Å². The summed E-state index contributed by atoms with van der Waals surface area (Å²) in [5.41, 5.74) is 1.86. The van der Waals surface area contributed by atoms with E-state index in [4.69, 9.17) is 11.6 Å². The van der Waals surface area contributed by atoms with Crippen LogP contribution in [-0.2, 0) is 17.8 Å². The lowest BCUT2D eigenvalue weighted by atomic mass is 10.0. The number of carbonyl (C=O) groups is 2. The fraction of sp³-hybridized carbons (Fsp3) is 0.238. The van der Waals surface area contributed by atoms with Crippen LogP contribution in [0.2, 0.25) is 5.02 Å². The third-order valence-electron chi connectivity index (χ3n) is 4.39. The van der Waals surface area contributed by atoms with E-state index >= 15 is 0 Å². The van der Waals surface area contributed by atoms with Gasteiger partial charge in [-0.1, -0.05) is 35.9 Å². The number of hydrogen-bond acceptors (Lipinski definition) is 4. The number of amides is 1. The number of nitrogens with one attached hydrogen (secondary N) is 1. The Kier molecular flexibility index (Phi) is 6.21. The van der Waals surface area contributed by atoms with Gasteiger partial charge >= 0.3 is 0 Å². The number of fused-ring (bicyclic) bond motifs is 1. The molecule has 2 aromatic carbocycles. The first-order chi connectivity index (χ1) is 13.4. The summed E-state index contributed by atoms with van der Waals surface area (Å²) in [6.07, 6.45) is 3.02. The van der Waals surface area contributed by atoms with Crippen molar-refractivity contribution >= 4 is 34.2 Å². The van der Waals surface area contributed by atoms with Crippen LogP contribution in [0.25, 0.3) is 10.9 Å². The second-order valence-corrected chi connectivity index (χ2v) is 6.98. The van der Waals surface area contributed by atoms with Crippen LogP contribution in [0.3, 0.4) is 0 Å². The summed E-state index contributed by atoms with van der Waals surface area (Å²) in [6.45, 7) is 2.03. The Labute approximate surface area is 167 Å². The van der Waals surface area contributed by atoms with E-state index in [0.29, 0.717) is 28.0 Å². The minimum absolute atomic E-state index is 0.0401. The number of ketones is 1. The normalized spacial score (nSPS) is 10.8. The molecule has 0 aliphatic heterocycles. The second-order valence-electron chi connectivity index (χ2n) is 6.55. The second kappa shape index (κ2) is 8.80. The summed E-state index contributed by atoms with van der Waals surface area (Å²) in [6, 6.07) is 12.2. The highest BCUT2D eigenvalue weighted by Gasteiger charge is 2.11. The van der Waals surface area contributed by atoms with E-state index < -0.39 is 0 Å². The third-order valence-corrected chi connectivity index (χ3v) is 4.63. The van der Waals surface area contributed by atoms with Crippen molar-refractivity contribution in [2.45, 2.75) is 26.3 Å². The van der Waals surface area contributed by atoms with Crippen LogP contribution in [0.15, 0.2) is 53.6 Å². The van der Waals surface area contributed by atoms with Gasteiger partial charge in [0.2, 0.25) is 5.91 Å². The number of Topliss-reactive ketones (excluding diaryl/α,β-unsaturated/α-hetero) is 1. The Bertz CT molecular complexity index is 1070. The Morgan fingerprint density at radius 3 is 2.61 bits per heavy atom. The van der Waals surface area contributed by atoms with Crippen LogP contribution in [0, 0.1) is 0 Å². The average molecular weight is 398 g/mol. The minimum atomic E-state index is -0.296. The zero-order valence-corrected chi connectivity index (χ0v) is 16.2. The lowest BCUT2D eigenvalue weighted by Gasteiger charge is -2.07. The van der Waals surface area contributed by atoms with Crippen LogP contribution >= 0.6 is 11.6 Å². The van der Waals surface area contributed by atoms with Crippen molar-refractivity contribution in [2.75, 3.05) is 6.54 Å². The first-order valence-corrected chi connectivity index (χ1v) is 9.33. The van der Waals surface area contributed by atoms with Crippen LogP contribution in [0.1, 0.15) is 29.3 Å². The van der Waals surface area contributed by atoms with Gasteiger partial charge in [0.05, 0.1) is 23.8 Å². The van der Waals surface area contributed by atoms with Crippen molar-refractivity contribution < 1.29 is 9.59 Å². The predicted octanol–water partition coefficient (Wildman–Crippen LogP) is 3.00. The van der Waals surface area contributed by atoms with Gasteiger partial charge in [-0.05, 0) is 36.6 Å². The van der Waals surface area contributed by atoms with Gasteiger partial charge in [0.15, 0.2) is 5.78 Å². The van der Waals surface area contributed by atoms with E-state index in [-0.39, 0.29) is 23.8 Å². The summed E-state index contributed by atoms with van der Waals surface area (Å²) < 4.78 is 1.29. The maximum absolute atomic E-state index is 12.6. The quantitative estimate of drug-likeness (QED) is 0.491. The highest BCUT2D eigenvalue weighted by molar-refractivity contribution is 6.31. The van der Waals surface area contributed by atoms with Gasteiger partial charge in [0.1, 0.15) is 0 Å². The zero-order chi connectivity index (χ0) is 20.1. The van der Waals surface area contributed by atoms with Crippen molar-refractivity contribution in [1.82, 2.24) is 14.9 Å². The number of aryl methyl sites for hydroxylation is 1. The zero-order valence-electron chi connectivity index (χ0n) is 15.4. The van der Waals surface area contributed by atoms with Crippen molar-refractivity contribution in [3.63, 3.8) is 0 Å². The molecular formula is C21H20ClN3O3. The van der Waals surface area contributed by atoms with Crippen molar-refractivity contribution in [3.05, 3.63) is 75.3 Å². The molecule has 0 spiro atoms. The summed E-state index contributed by atoms with van der Waals surface area (Å²) in [5, 5.41) is 3.59. The van der Waals surface area contributed by atoms with Gasteiger partial charge in [-0.15, -0.1) is 0 Å². The lowest BCUT2D eigenvalue weighted by Crippen LogP contribution is -2.24. The molecule has 28 heavy (non-hydrogen) atoms. The van der Waals surface area contributed by atoms with Crippen LogP contribution in [0.5, 0.6) is 0 Å².